The first kappa shape index (κ1) is 13.9. The number of hydrogen-bond donors (Lipinski definition) is 3. The molecule has 4 N–H and O–H groups in total. The Morgan fingerprint density at radius 3 is 2.79 bits per heavy atom. The van der Waals surface area contributed by atoms with Crippen molar-refractivity contribution in [2.45, 2.75) is 32.6 Å². The topological polar surface area (TPSA) is 62.4 Å². The molecule has 0 aliphatic heterocycles. The molecule has 4 heteroatoms. The molecule has 4 nitrogen and oxygen atoms in total. The zero-order valence-corrected chi connectivity index (χ0v) is 11.6. The van der Waals surface area contributed by atoms with Gasteiger partial charge in [0.05, 0.1) is 0 Å². The van der Waals surface area contributed by atoms with E-state index in [1.165, 1.54) is 25.7 Å². The van der Waals surface area contributed by atoms with Crippen molar-refractivity contribution in [3.63, 3.8) is 0 Å². The summed E-state index contributed by atoms with van der Waals surface area (Å²) in [5, 5.41) is 3.19. The largest absolute Gasteiger partial charge is 0.325 e. The van der Waals surface area contributed by atoms with Crippen molar-refractivity contribution in [1.82, 2.24) is 5.43 Å². The molecule has 1 saturated carbocycles. The number of nitrogens with one attached hydrogen (secondary N) is 2. The van der Waals surface area contributed by atoms with Gasteiger partial charge in [0, 0.05) is 12.2 Å². The second-order valence-electron chi connectivity index (χ2n) is 5.46. The van der Waals surface area contributed by atoms with E-state index in [2.05, 4.69) is 22.7 Å². The molecule has 2 unspecified atom stereocenters. The lowest BCUT2D eigenvalue weighted by molar-refractivity contribution is 0.289. The van der Waals surface area contributed by atoms with E-state index in [1.807, 2.05) is 30.3 Å². The average Bonchev–Trinajstić information content (AvgIpc) is 2.44. The molecule has 1 aromatic carbocycles. The van der Waals surface area contributed by atoms with Crippen LogP contribution >= 0.6 is 0 Å². The summed E-state index contributed by atoms with van der Waals surface area (Å²) in [6.07, 6.45) is 5.27. The number of nitrogens with zero attached hydrogens (tertiary/aromatic N) is 1. The number of hydrogen-bond acceptors (Lipinski definition) is 2. The van der Waals surface area contributed by atoms with Gasteiger partial charge in [-0.05, 0) is 36.8 Å². The molecule has 1 aliphatic carbocycles. The zero-order chi connectivity index (χ0) is 13.5. The van der Waals surface area contributed by atoms with Crippen LogP contribution in [0.25, 0.3) is 0 Å². The lowest BCUT2D eigenvalue weighted by Crippen LogP contribution is -2.36. The lowest BCUT2D eigenvalue weighted by Gasteiger charge is -2.25. The maximum Gasteiger partial charge on any atom is 0.210 e. The standard InChI is InChI=1S/C15H24N4/c1-12-6-5-7-13(10-12)11-17-15(19-16)18-14-8-3-2-4-9-14/h2-4,8-9,12-13H,5-7,10-11,16H2,1H3,(H2,17,18,19). The molecule has 0 bridgehead atoms. The molecular weight excluding hydrogens is 236 g/mol. The van der Waals surface area contributed by atoms with Gasteiger partial charge in [-0.1, -0.05) is 38.0 Å². The van der Waals surface area contributed by atoms with Gasteiger partial charge < -0.3 is 5.32 Å². The van der Waals surface area contributed by atoms with Crippen LogP contribution in [-0.2, 0) is 0 Å². The van der Waals surface area contributed by atoms with Gasteiger partial charge in [0.2, 0.25) is 5.96 Å². The highest BCUT2D eigenvalue weighted by atomic mass is 15.3. The Bertz CT molecular complexity index is 402. The predicted octanol–water partition coefficient (Wildman–Crippen LogP) is 2.74. The van der Waals surface area contributed by atoms with Gasteiger partial charge in [0.1, 0.15) is 0 Å². The van der Waals surface area contributed by atoms with Gasteiger partial charge in [-0.3, -0.25) is 10.4 Å². The van der Waals surface area contributed by atoms with Crippen molar-refractivity contribution in [2.75, 3.05) is 11.9 Å². The Morgan fingerprint density at radius 2 is 2.11 bits per heavy atom. The quantitative estimate of drug-likeness (QED) is 0.339. The fourth-order valence-electron chi connectivity index (χ4n) is 2.73. The van der Waals surface area contributed by atoms with Gasteiger partial charge in [0.25, 0.3) is 0 Å². The Labute approximate surface area is 115 Å². The summed E-state index contributed by atoms with van der Waals surface area (Å²) in [6.45, 7) is 3.18. The highest BCUT2D eigenvalue weighted by Gasteiger charge is 2.18. The van der Waals surface area contributed by atoms with E-state index < -0.39 is 0 Å². The number of hydrazine groups is 1. The van der Waals surface area contributed by atoms with Crippen LogP contribution < -0.4 is 16.6 Å². The van der Waals surface area contributed by atoms with Gasteiger partial charge in [0.15, 0.2) is 0 Å². The summed E-state index contributed by atoms with van der Waals surface area (Å²) < 4.78 is 0. The molecule has 0 radical (unpaired) electrons. The van der Waals surface area contributed by atoms with E-state index in [-0.39, 0.29) is 0 Å². The average molecular weight is 260 g/mol. The number of aliphatic imine (C=N–C) groups is 1. The molecule has 0 aromatic heterocycles. The number of rotatable bonds is 3. The second-order valence-corrected chi connectivity index (χ2v) is 5.46. The summed E-state index contributed by atoms with van der Waals surface area (Å²) in [5.41, 5.74) is 3.64. The second kappa shape index (κ2) is 7.14. The van der Waals surface area contributed by atoms with E-state index in [0.29, 0.717) is 11.9 Å². The molecule has 1 aliphatic rings. The van der Waals surface area contributed by atoms with E-state index >= 15 is 0 Å². The molecule has 1 fully saturated rings. The third-order valence-electron chi connectivity index (χ3n) is 3.73. The van der Waals surface area contributed by atoms with E-state index in [9.17, 15) is 0 Å². The third kappa shape index (κ3) is 4.56. The van der Waals surface area contributed by atoms with E-state index in [1.54, 1.807) is 0 Å². The molecule has 0 heterocycles. The maximum absolute atomic E-state index is 5.52. The van der Waals surface area contributed by atoms with Crippen LogP contribution in [0.4, 0.5) is 5.69 Å². The Hall–Kier alpha value is -1.55. The van der Waals surface area contributed by atoms with Crippen LogP contribution in [-0.4, -0.2) is 12.5 Å². The normalized spacial score (nSPS) is 24.0. The lowest BCUT2D eigenvalue weighted by atomic mass is 9.82. The first-order chi connectivity index (χ1) is 9.28. The smallest absolute Gasteiger partial charge is 0.210 e. The minimum absolute atomic E-state index is 0.643. The number of guanidine groups is 1. The summed E-state index contributed by atoms with van der Waals surface area (Å²) >= 11 is 0. The molecule has 0 saturated heterocycles. The molecule has 2 atom stereocenters. The van der Waals surface area contributed by atoms with Crippen LogP contribution in [0.1, 0.15) is 32.6 Å². The number of anilines is 1. The van der Waals surface area contributed by atoms with Gasteiger partial charge in [-0.15, -0.1) is 0 Å². The molecular formula is C15H24N4. The highest BCUT2D eigenvalue weighted by Crippen LogP contribution is 2.28. The van der Waals surface area contributed by atoms with Crippen LogP contribution in [0.2, 0.25) is 0 Å². The third-order valence-corrected chi connectivity index (χ3v) is 3.73. The molecule has 1 aromatic rings. The number of benzene rings is 1. The summed E-state index contributed by atoms with van der Waals surface area (Å²) in [7, 11) is 0. The van der Waals surface area contributed by atoms with Crippen molar-refractivity contribution in [3.8, 4) is 0 Å². The SMILES string of the molecule is CC1CCCC(CN=C(NN)Nc2ccccc2)C1. The Kier molecular flexibility index (Phi) is 5.21. The molecule has 19 heavy (non-hydrogen) atoms. The predicted molar refractivity (Wildman–Crippen MR) is 80.8 cm³/mol. The van der Waals surface area contributed by atoms with Gasteiger partial charge in [-0.2, -0.15) is 0 Å². The van der Waals surface area contributed by atoms with Crippen LogP contribution in [0.3, 0.4) is 0 Å². The maximum atomic E-state index is 5.52. The van der Waals surface area contributed by atoms with E-state index in [0.717, 1.165) is 18.2 Å². The summed E-state index contributed by atoms with van der Waals surface area (Å²) in [4.78, 5) is 4.57. The van der Waals surface area contributed by atoms with Crippen molar-refractivity contribution >= 4 is 11.6 Å². The van der Waals surface area contributed by atoms with E-state index in [4.69, 9.17) is 5.84 Å². The van der Waals surface area contributed by atoms with Crippen molar-refractivity contribution < 1.29 is 0 Å². The minimum atomic E-state index is 0.643. The van der Waals surface area contributed by atoms with Crippen LogP contribution in [0, 0.1) is 11.8 Å². The minimum Gasteiger partial charge on any atom is -0.325 e. The number of nitrogens with two attached hydrogens (primary N) is 1. The first-order valence-electron chi connectivity index (χ1n) is 7.11. The van der Waals surface area contributed by atoms with Crippen molar-refractivity contribution in [2.24, 2.45) is 22.7 Å². The fraction of sp³-hybridized carbons (Fsp3) is 0.533. The highest BCUT2D eigenvalue weighted by molar-refractivity contribution is 5.93. The number of para-hydroxylation sites is 1. The Morgan fingerprint density at radius 1 is 1.32 bits per heavy atom. The van der Waals surface area contributed by atoms with Crippen LogP contribution in [0.5, 0.6) is 0 Å². The van der Waals surface area contributed by atoms with Gasteiger partial charge >= 0.3 is 0 Å². The van der Waals surface area contributed by atoms with Crippen LogP contribution in [0.15, 0.2) is 35.3 Å². The fourth-order valence-corrected chi connectivity index (χ4v) is 2.73. The molecule has 104 valence electrons. The zero-order valence-electron chi connectivity index (χ0n) is 11.6. The monoisotopic (exact) mass is 260 g/mol. The Balaban J connectivity index is 1.88. The van der Waals surface area contributed by atoms with Crippen molar-refractivity contribution in [3.05, 3.63) is 30.3 Å². The molecule has 0 amide bonds. The molecule has 2 rings (SSSR count). The van der Waals surface area contributed by atoms with Crippen molar-refractivity contribution in [1.29, 1.82) is 0 Å². The summed E-state index contributed by atoms with van der Waals surface area (Å²) in [6, 6.07) is 9.95. The molecule has 0 spiro atoms. The van der Waals surface area contributed by atoms with Gasteiger partial charge in [-0.25, -0.2) is 5.84 Å². The summed E-state index contributed by atoms with van der Waals surface area (Å²) in [5.74, 6) is 7.70. The first-order valence-corrected chi connectivity index (χ1v) is 7.11.